The van der Waals surface area contributed by atoms with Gasteiger partial charge in [-0.05, 0) is 23.3 Å². The Hall–Kier alpha value is -2.90. The first-order valence-electron chi connectivity index (χ1n) is 9.02. The van der Waals surface area contributed by atoms with Crippen LogP contribution in [0.4, 0.5) is 5.69 Å². The fraction of sp³-hybridized carbons (Fsp3) is 0.300. The van der Waals surface area contributed by atoms with Crippen LogP contribution in [-0.4, -0.2) is 46.1 Å². The minimum Gasteiger partial charge on any atom is -0.423 e. The lowest BCUT2D eigenvalue weighted by Gasteiger charge is -2.26. The molecule has 3 aromatic rings. The molecule has 0 atom stereocenters. The van der Waals surface area contributed by atoms with Crippen molar-refractivity contribution < 1.29 is 9.94 Å². The fourth-order valence-electron chi connectivity index (χ4n) is 3.27. The van der Waals surface area contributed by atoms with Crippen LogP contribution in [0.3, 0.4) is 0 Å². The van der Waals surface area contributed by atoms with Gasteiger partial charge < -0.3 is 15.3 Å². The average molecular weight is 366 g/mol. The highest BCUT2D eigenvalue weighted by atomic mass is 16.5. The van der Waals surface area contributed by atoms with Crippen molar-refractivity contribution in [2.24, 2.45) is 0 Å². The van der Waals surface area contributed by atoms with Crippen molar-refractivity contribution in [3.05, 3.63) is 70.1 Å². The second-order valence-corrected chi connectivity index (χ2v) is 6.64. The molecule has 4 rings (SSSR count). The zero-order valence-corrected chi connectivity index (χ0v) is 15.0. The molecule has 0 bridgehead atoms. The average Bonchev–Trinajstić information content (AvgIpc) is 2.71. The number of hydrogen-bond donors (Lipinski definition) is 2. The molecule has 2 aromatic heterocycles. The van der Waals surface area contributed by atoms with E-state index >= 15 is 0 Å². The number of fused-ring (bicyclic) bond motifs is 1. The highest BCUT2D eigenvalue weighted by Crippen LogP contribution is 2.20. The van der Waals surface area contributed by atoms with E-state index < -0.39 is 5.56 Å². The van der Waals surface area contributed by atoms with Gasteiger partial charge in [0.25, 0.3) is 5.56 Å². The molecule has 0 radical (unpaired) electrons. The number of aromatic nitrogens is 2. The first kappa shape index (κ1) is 17.5. The van der Waals surface area contributed by atoms with E-state index in [1.165, 1.54) is 11.6 Å². The lowest BCUT2D eigenvalue weighted by molar-refractivity contribution is 0.0342. The number of anilines is 1. The summed E-state index contributed by atoms with van der Waals surface area (Å²) in [5.41, 5.74) is 2.79. The number of morpholine rings is 1. The Bertz CT molecular complexity index is 979. The van der Waals surface area contributed by atoms with Gasteiger partial charge in [0.1, 0.15) is 0 Å². The summed E-state index contributed by atoms with van der Waals surface area (Å²) in [4.78, 5) is 18.4. The molecule has 0 unspecified atom stereocenters. The zero-order valence-electron chi connectivity index (χ0n) is 15.0. The van der Waals surface area contributed by atoms with Crippen LogP contribution in [0.1, 0.15) is 11.1 Å². The topological polar surface area (TPSA) is 79.6 Å². The summed E-state index contributed by atoms with van der Waals surface area (Å²) in [6.45, 7) is 5.06. The van der Waals surface area contributed by atoms with Gasteiger partial charge in [0.05, 0.1) is 18.9 Å². The number of rotatable bonds is 5. The van der Waals surface area contributed by atoms with E-state index in [-0.39, 0.29) is 5.65 Å². The fourth-order valence-corrected chi connectivity index (χ4v) is 3.27. The number of nitrogens with zero attached hydrogens (tertiary/aromatic N) is 3. The summed E-state index contributed by atoms with van der Waals surface area (Å²) in [6, 6.07) is 13.4. The maximum absolute atomic E-state index is 11.9. The molecular weight excluding hydrogens is 344 g/mol. The molecule has 3 heterocycles. The molecule has 0 amide bonds. The third kappa shape index (κ3) is 3.94. The second kappa shape index (κ2) is 7.77. The van der Waals surface area contributed by atoms with Crippen LogP contribution in [0.5, 0.6) is 0 Å². The first-order valence-corrected chi connectivity index (χ1v) is 9.02. The van der Waals surface area contributed by atoms with E-state index in [1.807, 2.05) is 6.07 Å². The van der Waals surface area contributed by atoms with Crippen LogP contribution in [0.2, 0.25) is 0 Å². The highest BCUT2D eigenvalue weighted by Gasteiger charge is 2.11. The zero-order chi connectivity index (χ0) is 18.6. The van der Waals surface area contributed by atoms with Crippen molar-refractivity contribution in [2.75, 3.05) is 31.6 Å². The van der Waals surface area contributed by atoms with Crippen LogP contribution < -0.4 is 10.9 Å². The van der Waals surface area contributed by atoms with Crippen molar-refractivity contribution in [1.82, 2.24) is 14.6 Å². The Labute approximate surface area is 156 Å². The lowest BCUT2D eigenvalue weighted by Crippen LogP contribution is -2.35. The van der Waals surface area contributed by atoms with Gasteiger partial charge in [-0.25, -0.2) is 4.98 Å². The predicted molar refractivity (Wildman–Crippen MR) is 103 cm³/mol. The summed E-state index contributed by atoms with van der Waals surface area (Å²) >= 11 is 0. The molecule has 1 aliphatic heterocycles. The normalized spacial score (nSPS) is 15.1. The molecule has 0 spiro atoms. The number of ether oxygens (including phenoxy) is 1. The second-order valence-electron chi connectivity index (χ2n) is 6.64. The Balaban J connectivity index is 1.45. The van der Waals surface area contributed by atoms with Gasteiger partial charge in [-0.1, -0.05) is 24.3 Å². The molecule has 1 saturated heterocycles. The van der Waals surface area contributed by atoms with E-state index in [0.717, 1.165) is 38.4 Å². The number of nitrogens with one attached hydrogen (secondary N) is 1. The van der Waals surface area contributed by atoms with Crippen LogP contribution in [0, 0.1) is 0 Å². The summed E-state index contributed by atoms with van der Waals surface area (Å²) in [5, 5.41) is 13.8. The summed E-state index contributed by atoms with van der Waals surface area (Å²) in [5.74, 6) is 0. The number of hydrogen-bond acceptors (Lipinski definition) is 6. The Morgan fingerprint density at radius 2 is 1.85 bits per heavy atom. The van der Waals surface area contributed by atoms with Gasteiger partial charge in [0, 0.05) is 43.8 Å². The van der Waals surface area contributed by atoms with Gasteiger partial charge in [-0.3, -0.25) is 9.69 Å². The maximum Gasteiger partial charge on any atom is 0.286 e. The van der Waals surface area contributed by atoms with Gasteiger partial charge >= 0.3 is 0 Å². The van der Waals surface area contributed by atoms with E-state index in [4.69, 9.17) is 4.74 Å². The van der Waals surface area contributed by atoms with Gasteiger partial charge in [0.15, 0.2) is 5.65 Å². The Morgan fingerprint density at radius 3 is 2.63 bits per heavy atom. The van der Waals surface area contributed by atoms with Crippen molar-refractivity contribution >= 4 is 16.7 Å². The van der Waals surface area contributed by atoms with E-state index in [0.29, 0.717) is 22.3 Å². The molecule has 27 heavy (non-hydrogen) atoms. The van der Waals surface area contributed by atoms with Gasteiger partial charge in [-0.2, -0.15) is 0 Å². The van der Waals surface area contributed by atoms with Gasteiger partial charge in [0.2, 0.25) is 0 Å². The summed E-state index contributed by atoms with van der Waals surface area (Å²) < 4.78 is 5.95. The lowest BCUT2D eigenvalue weighted by atomic mass is 10.1. The standard InChI is InChI=1S/C20H22N4O3/c25-19-12-18(17-2-1-7-21-20(17)24(19)26)22-13-15-3-5-16(6-4-15)14-23-8-10-27-11-9-23/h1-7,12,22,26H,8-11,13-14H2. The Morgan fingerprint density at radius 1 is 1.11 bits per heavy atom. The molecule has 1 aromatic carbocycles. The molecule has 0 aliphatic carbocycles. The van der Waals surface area contributed by atoms with Crippen LogP contribution in [0.15, 0.2) is 53.5 Å². The molecule has 140 valence electrons. The predicted octanol–water partition coefficient (Wildman–Crippen LogP) is 2.08. The monoisotopic (exact) mass is 366 g/mol. The first-order chi connectivity index (χ1) is 13.2. The largest absolute Gasteiger partial charge is 0.423 e. The molecule has 7 nitrogen and oxygen atoms in total. The number of pyridine rings is 2. The van der Waals surface area contributed by atoms with E-state index in [9.17, 15) is 10.0 Å². The summed E-state index contributed by atoms with van der Waals surface area (Å²) in [7, 11) is 0. The van der Waals surface area contributed by atoms with E-state index in [2.05, 4.69) is 39.5 Å². The van der Waals surface area contributed by atoms with Crippen LogP contribution in [-0.2, 0) is 17.8 Å². The van der Waals surface area contributed by atoms with Crippen molar-refractivity contribution in [3.63, 3.8) is 0 Å². The minimum atomic E-state index is -0.510. The smallest absolute Gasteiger partial charge is 0.286 e. The molecule has 7 heteroatoms. The quantitative estimate of drug-likeness (QED) is 0.673. The maximum atomic E-state index is 11.9. The highest BCUT2D eigenvalue weighted by molar-refractivity contribution is 5.88. The third-order valence-corrected chi connectivity index (χ3v) is 4.77. The van der Waals surface area contributed by atoms with Gasteiger partial charge in [-0.15, -0.1) is 4.73 Å². The molecular formula is C20H22N4O3. The van der Waals surface area contributed by atoms with Crippen molar-refractivity contribution in [3.8, 4) is 0 Å². The van der Waals surface area contributed by atoms with Crippen LogP contribution >= 0.6 is 0 Å². The minimum absolute atomic E-state index is 0.244. The summed E-state index contributed by atoms with van der Waals surface area (Å²) in [6.07, 6.45) is 1.55. The molecule has 1 fully saturated rings. The van der Waals surface area contributed by atoms with Crippen molar-refractivity contribution in [1.29, 1.82) is 0 Å². The SMILES string of the molecule is O=c1cc(NCc2ccc(CN3CCOCC3)cc2)c2cccnc2n1O. The number of benzene rings is 1. The molecule has 2 N–H and O–H groups in total. The van der Waals surface area contributed by atoms with E-state index in [1.54, 1.807) is 12.3 Å². The Kier molecular flexibility index (Phi) is 5.04. The molecule has 0 saturated carbocycles. The molecule has 1 aliphatic rings. The van der Waals surface area contributed by atoms with Crippen LogP contribution in [0.25, 0.3) is 11.0 Å². The van der Waals surface area contributed by atoms with Crippen molar-refractivity contribution in [2.45, 2.75) is 13.1 Å². The third-order valence-electron chi connectivity index (χ3n) is 4.77.